The largest absolute Gasteiger partial charge is 0.396 e. The van der Waals surface area contributed by atoms with Crippen molar-refractivity contribution in [3.05, 3.63) is 29.1 Å². The van der Waals surface area contributed by atoms with E-state index >= 15 is 0 Å². The van der Waals surface area contributed by atoms with Crippen molar-refractivity contribution in [3.8, 4) is 0 Å². The molecule has 1 aliphatic carbocycles. The molecule has 3 heteroatoms. The monoisotopic (exact) mass is 286 g/mol. The second kappa shape index (κ2) is 6.18. The van der Waals surface area contributed by atoms with E-state index in [-0.39, 0.29) is 6.61 Å². The fourth-order valence-corrected chi connectivity index (χ4v) is 3.53. The summed E-state index contributed by atoms with van der Waals surface area (Å²) >= 11 is 0. The molecule has 1 N–H and O–H groups in total. The minimum atomic E-state index is 0.245. The number of aromatic nitrogens is 2. The van der Waals surface area contributed by atoms with Crippen molar-refractivity contribution in [2.75, 3.05) is 6.61 Å². The van der Waals surface area contributed by atoms with Crippen LogP contribution in [0.1, 0.15) is 61.4 Å². The third-order valence-electron chi connectivity index (χ3n) is 4.90. The Morgan fingerprint density at radius 2 is 1.86 bits per heavy atom. The van der Waals surface area contributed by atoms with Gasteiger partial charge in [0, 0.05) is 19.1 Å². The molecular weight excluding hydrogens is 260 g/mol. The number of hydrogen-bond acceptors (Lipinski definition) is 2. The Kier molecular flexibility index (Phi) is 4.29. The zero-order chi connectivity index (χ0) is 14.8. The van der Waals surface area contributed by atoms with Crippen LogP contribution in [0.25, 0.3) is 11.0 Å². The van der Waals surface area contributed by atoms with Crippen LogP contribution >= 0.6 is 0 Å². The van der Waals surface area contributed by atoms with Crippen molar-refractivity contribution in [3.63, 3.8) is 0 Å². The summed E-state index contributed by atoms with van der Waals surface area (Å²) in [5, 5.41) is 9.20. The Morgan fingerprint density at radius 1 is 1.14 bits per heavy atom. The number of aryl methyl sites for hydroxylation is 3. The van der Waals surface area contributed by atoms with Crippen molar-refractivity contribution in [2.45, 2.75) is 64.8 Å². The smallest absolute Gasteiger partial charge is 0.112 e. The van der Waals surface area contributed by atoms with Gasteiger partial charge in [-0.1, -0.05) is 19.3 Å². The van der Waals surface area contributed by atoms with E-state index in [0.717, 1.165) is 18.5 Å². The predicted molar refractivity (Wildman–Crippen MR) is 86.7 cm³/mol. The fourth-order valence-electron chi connectivity index (χ4n) is 3.53. The van der Waals surface area contributed by atoms with Crippen molar-refractivity contribution < 1.29 is 5.11 Å². The summed E-state index contributed by atoms with van der Waals surface area (Å²) < 4.78 is 2.37. The van der Waals surface area contributed by atoms with Gasteiger partial charge in [-0.05, 0) is 56.4 Å². The summed E-state index contributed by atoms with van der Waals surface area (Å²) in [6.45, 7) is 5.44. The van der Waals surface area contributed by atoms with Crippen LogP contribution in [0, 0.1) is 13.8 Å². The van der Waals surface area contributed by atoms with Gasteiger partial charge in [0.05, 0.1) is 11.0 Å². The van der Waals surface area contributed by atoms with Crippen LogP contribution in [0.2, 0.25) is 0 Å². The van der Waals surface area contributed by atoms with E-state index in [1.165, 1.54) is 54.6 Å². The molecule has 0 amide bonds. The average molecular weight is 286 g/mol. The molecule has 1 aromatic carbocycles. The molecule has 0 radical (unpaired) electrons. The molecule has 1 fully saturated rings. The predicted octanol–water partition coefficient (Wildman–Crippen LogP) is 4.08. The number of aliphatic hydroxyl groups excluding tert-OH is 1. The minimum absolute atomic E-state index is 0.245. The van der Waals surface area contributed by atoms with Crippen LogP contribution < -0.4 is 0 Å². The molecule has 1 saturated carbocycles. The van der Waals surface area contributed by atoms with Gasteiger partial charge in [-0.2, -0.15) is 0 Å². The van der Waals surface area contributed by atoms with E-state index in [2.05, 4.69) is 30.5 Å². The highest BCUT2D eigenvalue weighted by Crippen LogP contribution is 2.34. The zero-order valence-electron chi connectivity index (χ0n) is 13.2. The Labute approximate surface area is 127 Å². The Morgan fingerprint density at radius 3 is 2.57 bits per heavy atom. The number of nitrogens with zero attached hydrogens (tertiary/aromatic N) is 2. The van der Waals surface area contributed by atoms with E-state index in [0.29, 0.717) is 5.92 Å². The quantitative estimate of drug-likeness (QED) is 0.919. The summed E-state index contributed by atoms with van der Waals surface area (Å²) in [5.41, 5.74) is 5.00. The van der Waals surface area contributed by atoms with E-state index < -0.39 is 0 Å². The normalized spacial score (nSPS) is 16.7. The molecule has 1 heterocycles. The Bertz CT molecular complexity index is 624. The highest BCUT2D eigenvalue weighted by atomic mass is 16.3. The molecule has 0 saturated heterocycles. The van der Waals surface area contributed by atoms with Gasteiger partial charge < -0.3 is 9.67 Å². The van der Waals surface area contributed by atoms with Crippen molar-refractivity contribution in [1.29, 1.82) is 0 Å². The maximum atomic E-state index is 9.20. The Balaban J connectivity index is 2.07. The second-order valence-corrected chi connectivity index (χ2v) is 6.46. The van der Waals surface area contributed by atoms with Crippen molar-refractivity contribution in [2.24, 2.45) is 0 Å². The molecule has 21 heavy (non-hydrogen) atoms. The van der Waals surface area contributed by atoms with Crippen LogP contribution in [0.5, 0.6) is 0 Å². The number of rotatable bonds is 4. The zero-order valence-corrected chi connectivity index (χ0v) is 13.2. The first-order valence-corrected chi connectivity index (χ1v) is 8.29. The number of aliphatic hydroxyl groups is 1. The number of imidazole rings is 1. The standard InChI is InChI=1S/C18H26N2O/c1-13-11-16-17(12-14(13)2)20(9-6-10-21)18(19-16)15-7-4-3-5-8-15/h11-12,15,21H,3-10H2,1-2H3. The third-order valence-corrected chi connectivity index (χ3v) is 4.90. The van der Waals surface area contributed by atoms with Gasteiger partial charge in [-0.3, -0.25) is 0 Å². The lowest BCUT2D eigenvalue weighted by Gasteiger charge is -2.22. The molecular formula is C18H26N2O. The lowest BCUT2D eigenvalue weighted by molar-refractivity contribution is 0.278. The van der Waals surface area contributed by atoms with Gasteiger partial charge in [0.1, 0.15) is 5.82 Å². The van der Waals surface area contributed by atoms with E-state index in [9.17, 15) is 5.11 Å². The molecule has 1 aliphatic rings. The van der Waals surface area contributed by atoms with Gasteiger partial charge in [-0.15, -0.1) is 0 Å². The molecule has 0 atom stereocenters. The van der Waals surface area contributed by atoms with Gasteiger partial charge >= 0.3 is 0 Å². The van der Waals surface area contributed by atoms with E-state index in [1.54, 1.807) is 0 Å². The van der Waals surface area contributed by atoms with Gasteiger partial charge in [0.2, 0.25) is 0 Å². The Hall–Kier alpha value is -1.35. The summed E-state index contributed by atoms with van der Waals surface area (Å²) in [6, 6.07) is 4.48. The molecule has 114 valence electrons. The number of fused-ring (bicyclic) bond motifs is 1. The lowest BCUT2D eigenvalue weighted by atomic mass is 9.88. The number of hydrogen-bond donors (Lipinski definition) is 1. The molecule has 3 rings (SSSR count). The maximum Gasteiger partial charge on any atom is 0.112 e. The maximum absolute atomic E-state index is 9.20. The van der Waals surface area contributed by atoms with E-state index in [1.807, 2.05) is 0 Å². The molecule has 0 spiro atoms. The highest BCUT2D eigenvalue weighted by Gasteiger charge is 2.22. The fraction of sp³-hybridized carbons (Fsp3) is 0.611. The highest BCUT2D eigenvalue weighted by molar-refractivity contribution is 5.78. The van der Waals surface area contributed by atoms with Crippen LogP contribution in [0.4, 0.5) is 0 Å². The summed E-state index contributed by atoms with van der Waals surface area (Å²) in [4.78, 5) is 4.97. The van der Waals surface area contributed by atoms with Crippen LogP contribution in [-0.2, 0) is 6.54 Å². The summed E-state index contributed by atoms with van der Waals surface area (Å²) in [6.07, 6.45) is 7.35. The molecule has 3 nitrogen and oxygen atoms in total. The summed E-state index contributed by atoms with van der Waals surface area (Å²) in [5.74, 6) is 1.86. The number of benzene rings is 1. The second-order valence-electron chi connectivity index (χ2n) is 6.46. The minimum Gasteiger partial charge on any atom is -0.396 e. The third kappa shape index (κ3) is 2.84. The van der Waals surface area contributed by atoms with Gasteiger partial charge in [-0.25, -0.2) is 4.98 Å². The van der Waals surface area contributed by atoms with Gasteiger partial charge in [0.25, 0.3) is 0 Å². The first kappa shape index (κ1) is 14.6. The summed E-state index contributed by atoms with van der Waals surface area (Å²) in [7, 11) is 0. The van der Waals surface area contributed by atoms with Crippen molar-refractivity contribution in [1.82, 2.24) is 9.55 Å². The van der Waals surface area contributed by atoms with Crippen molar-refractivity contribution >= 4 is 11.0 Å². The van der Waals surface area contributed by atoms with E-state index in [4.69, 9.17) is 4.98 Å². The molecule has 1 aromatic heterocycles. The van der Waals surface area contributed by atoms with Crippen LogP contribution in [-0.4, -0.2) is 21.3 Å². The van der Waals surface area contributed by atoms with Crippen LogP contribution in [0.15, 0.2) is 12.1 Å². The van der Waals surface area contributed by atoms with Gasteiger partial charge in [0.15, 0.2) is 0 Å². The first-order valence-electron chi connectivity index (χ1n) is 8.29. The topological polar surface area (TPSA) is 38.0 Å². The first-order chi connectivity index (χ1) is 10.2. The molecule has 0 aliphatic heterocycles. The lowest BCUT2D eigenvalue weighted by Crippen LogP contribution is -2.13. The molecule has 0 unspecified atom stereocenters. The SMILES string of the molecule is Cc1cc2nc(C3CCCCC3)n(CCCO)c2cc1C. The average Bonchev–Trinajstić information content (AvgIpc) is 2.84. The molecule has 0 bridgehead atoms. The molecule has 2 aromatic rings. The van der Waals surface area contributed by atoms with Crippen LogP contribution in [0.3, 0.4) is 0 Å².